The van der Waals surface area contributed by atoms with E-state index in [0.29, 0.717) is 5.75 Å². The van der Waals surface area contributed by atoms with E-state index in [1.165, 1.54) is 12.1 Å². The van der Waals surface area contributed by atoms with E-state index in [-0.39, 0.29) is 16.8 Å². The maximum absolute atomic E-state index is 12.6. The largest absolute Gasteiger partial charge is 0.481 e. The van der Waals surface area contributed by atoms with Gasteiger partial charge in [-0.25, -0.2) is 13.6 Å². The molecule has 0 heterocycles. The van der Waals surface area contributed by atoms with Crippen LogP contribution in [0.5, 0.6) is 5.75 Å². The van der Waals surface area contributed by atoms with Crippen LogP contribution in [0.2, 0.25) is 0 Å². The van der Waals surface area contributed by atoms with E-state index in [1.54, 1.807) is 43.1 Å². The Labute approximate surface area is 162 Å². The fourth-order valence-corrected chi connectivity index (χ4v) is 3.18. The van der Waals surface area contributed by atoms with Gasteiger partial charge in [-0.2, -0.15) is 0 Å². The zero-order valence-electron chi connectivity index (χ0n) is 14.7. The molecule has 2 aromatic rings. The summed E-state index contributed by atoms with van der Waals surface area (Å²) in [5, 5.41) is 5.10. The van der Waals surface area contributed by atoms with Gasteiger partial charge in [-0.15, -0.1) is 0 Å². The molecule has 0 radical (unpaired) electrons. The first-order valence-corrected chi connectivity index (χ1v) is 10.2. The van der Waals surface area contributed by atoms with Crippen LogP contribution < -0.4 is 9.88 Å². The Morgan fingerprint density at radius 2 is 1.62 bits per heavy atom. The van der Waals surface area contributed by atoms with Crippen LogP contribution in [0.1, 0.15) is 25.5 Å². The number of nitrogens with zero attached hydrogens (tertiary/aromatic N) is 1. The summed E-state index contributed by atoms with van der Waals surface area (Å²) in [6.07, 6.45) is -0.660. The second kappa shape index (κ2) is 8.20. The lowest BCUT2D eigenvalue weighted by Gasteiger charge is -2.28. The SMILES string of the molecule is CC(Oc1ccc(Br)cc1)C(=O)N(C)C(C)c1ccc(S(N)(=O)=O)cc1. The van der Waals surface area contributed by atoms with Gasteiger partial charge in [-0.1, -0.05) is 28.1 Å². The molecule has 0 aromatic heterocycles. The van der Waals surface area contributed by atoms with Crippen LogP contribution in [-0.2, 0) is 14.8 Å². The Balaban J connectivity index is 2.07. The van der Waals surface area contributed by atoms with Crippen LogP contribution in [0.3, 0.4) is 0 Å². The molecule has 0 bridgehead atoms. The molecule has 0 saturated carbocycles. The summed E-state index contributed by atoms with van der Waals surface area (Å²) in [5.74, 6) is 0.420. The van der Waals surface area contributed by atoms with Crippen molar-refractivity contribution < 1.29 is 17.9 Å². The zero-order valence-corrected chi connectivity index (χ0v) is 17.1. The van der Waals surface area contributed by atoms with Crippen molar-refractivity contribution >= 4 is 31.9 Å². The van der Waals surface area contributed by atoms with Crippen molar-refractivity contribution in [3.8, 4) is 5.75 Å². The minimum absolute atomic E-state index is 0.0365. The van der Waals surface area contributed by atoms with Crippen LogP contribution >= 0.6 is 15.9 Å². The summed E-state index contributed by atoms with van der Waals surface area (Å²) in [6.45, 7) is 3.55. The van der Waals surface area contributed by atoms with Gasteiger partial charge in [0.1, 0.15) is 5.75 Å². The number of hydrogen-bond acceptors (Lipinski definition) is 4. The quantitative estimate of drug-likeness (QED) is 0.746. The number of nitrogens with two attached hydrogens (primary N) is 1. The number of rotatable bonds is 6. The molecule has 1 amide bonds. The third-order valence-corrected chi connectivity index (χ3v) is 5.55. The summed E-state index contributed by atoms with van der Waals surface area (Å²) in [7, 11) is -2.05. The number of sulfonamides is 1. The fraction of sp³-hybridized carbons (Fsp3) is 0.278. The maximum atomic E-state index is 12.6. The second-order valence-corrected chi connectivity index (χ2v) is 8.43. The number of benzene rings is 2. The molecule has 2 atom stereocenters. The molecule has 8 heteroatoms. The van der Waals surface area contributed by atoms with Crippen molar-refractivity contribution in [1.29, 1.82) is 0 Å². The predicted octanol–water partition coefficient (Wildman–Crippen LogP) is 3.08. The number of hydrogen-bond donors (Lipinski definition) is 1. The van der Waals surface area contributed by atoms with Gasteiger partial charge < -0.3 is 9.64 Å². The molecule has 0 aliphatic heterocycles. The molecule has 2 aromatic carbocycles. The summed E-state index contributed by atoms with van der Waals surface area (Å²) in [5.41, 5.74) is 0.795. The number of amides is 1. The van der Waals surface area contributed by atoms with Crippen LogP contribution in [-0.4, -0.2) is 32.4 Å². The number of halogens is 1. The van der Waals surface area contributed by atoms with Crippen molar-refractivity contribution in [2.75, 3.05) is 7.05 Å². The molecule has 6 nitrogen and oxygen atoms in total. The summed E-state index contributed by atoms with van der Waals surface area (Å²) in [4.78, 5) is 14.2. The number of carbonyl (C=O) groups is 1. The first-order chi connectivity index (χ1) is 12.1. The molecule has 0 fully saturated rings. The minimum atomic E-state index is -3.74. The van der Waals surface area contributed by atoms with E-state index in [0.717, 1.165) is 10.0 Å². The third kappa shape index (κ3) is 5.06. The van der Waals surface area contributed by atoms with E-state index in [1.807, 2.05) is 19.1 Å². The van der Waals surface area contributed by atoms with Crippen LogP contribution in [0.4, 0.5) is 0 Å². The standard InChI is InChI=1S/C18H21BrN2O4S/c1-12(14-4-10-17(11-5-14)26(20,23)24)21(3)18(22)13(2)25-16-8-6-15(19)7-9-16/h4-13H,1-3H3,(H2,20,23,24). The lowest BCUT2D eigenvalue weighted by atomic mass is 10.1. The Morgan fingerprint density at radius 3 is 2.12 bits per heavy atom. The highest BCUT2D eigenvalue weighted by Crippen LogP contribution is 2.23. The minimum Gasteiger partial charge on any atom is -0.481 e. The van der Waals surface area contributed by atoms with E-state index in [4.69, 9.17) is 9.88 Å². The van der Waals surface area contributed by atoms with Gasteiger partial charge in [0.2, 0.25) is 10.0 Å². The summed E-state index contributed by atoms with van der Waals surface area (Å²) in [6, 6.07) is 13.1. The lowest BCUT2D eigenvalue weighted by molar-refractivity contribution is -0.138. The van der Waals surface area contributed by atoms with Crippen molar-refractivity contribution in [3.05, 3.63) is 58.6 Å². The van der Waals surface area contributed by atoms with Gasteiger partial charge >= 0.3 is 0 Å². The fourth-order valence-electron chi connectivity index (χ4n) is 2.40. The Bertz CT molecular complexity index is 867. The molecule has 0 aliphatic carbocycles. The lowest BCUT2D eigenvalue weighted by Crippen LogP contribution is -2.39. The second-order valence-electron chi connectivity index (χ2n) is 5.95. The monoisotopic (exact) mass is 440 g/mol. The van der Waals surface area contributed by atoms with Gasteiger partial charge in [0.05, 0.1) is 10.9 Å². The third-order valence-electron chi connectivity index (χ3n) is 4.09. The highest BCUT2D eigenvalue weighted by atomic mass is 79.9. The molecule has 0 saturated heterocycles. The molecule has 0 aliphatic rings. The topological polar surface area (TPSA) is 89.7 Å². The zero-order chi connectivity index (χ0) is 19.5. The van der Waals surface area contributed by atoms with Crippen molar-refractivity contribution in [1.82, 2.24) is 4.90 Å². The van der Waals surface area contributed by atoms with Crippen molar-refractivity contribution in [2.45, 2.75) is 30.9 Å². The highest BCUT2D eigenvalue weighted by molar-refractivity contribution is 9.10. The van der Waals surface area contributed by atoms with Gasteiger partial charge in [0, 0.05) is 11.5 Å². The molecule has 2 N–H and O–H groups in total. The first-order valence-electron chi connectivity index (χ1n) is 7.91. The summed E-state index contributed by atoms with van der Waals surface area (Å²) >= 11 is 3.35. The van der Waals surface area contributed by atoms with Gasteiger partial charge in [-0.3, -0.25) is 4.79 Å². The van der Waals surface area contributed by atoms with Gasteiger partial charge in [-0.05, 0) is 55.8 Å². The van der Waals surface area contributed by atoms with E-state index in [2.05, 4.69) is 15.9 Å². The molecule has 2 unspecified atom stereocenters. The number of primary sulfonamides is 1. The predicted molar refractivity (Wildman–Crippen MR) is 103 cm³/mol. The molecular weight excluding hydrogens is 420 g/mol. The van der Waals surface area contributed by atoms with Crippen LogP contribution in [0.25, 0.3) is 0 Å². The van der Waals surface area contributed by atoms with E-state index < -0.39 is 16.1 Å². The normalized spacial score (nSPS) is 13.7. The molecular formula is C18H21BrN2O4S. The van der Waals surface area contributed by atoms with Gasteiger partial charge in [0.15, 0.2) is 6.10 Å². The van der Waals surface area contributed by atoms with Crippen LogP contribution in [0, 0.1) is 0 Å². The Morgan fingerprint density at radius 1 is 1.08 bits per heavy atom. The van der Waals surface area contributed by atoms with Gasteiger partial charge in [0.25, 0.3) is 5.91 Å². The average Bonchev–Trinajstić information content (AvgIpc) is 2.61. The Kier molecular flexibility index (Phi) is 6.44. The Hall–Kier alpha value is -1.90. The smallest absolute Gasteiger partial charge is 0.263 e. The molecule has 2 rings (SSSR count). The van der Waals surface area contributed by atoms with Crippen molar-refractivity contribution in [2.24, 2.45) is 5.14 Å². The summed E-state index contributed by atoms with van der Waals surface area (Å²) < 4.78 is 29.3. The van der Waals surface area contributed by atoms with E-state index in [9.17, 15) is 13.2 Å². The average molecular weight is 441 g/mol. The maximum Gasteiger partial charge on any atom is 0.263 e. The molecule has 140 valence electrons. The molecule has 26 heavy (non-hydrogen) atoms. The number of carbonyl (C=O) groups excluding carboxylic acids is 1. The van der Waals surface area contributed by atoms with Crippen LogP contribution in [0.15, 0.2) is 57.9 Å². The highest BCUT2D eigenvalue weighted by Gasteiger charge is 2.24. The first kappa shape index (κ1) is 20.4. The number of ether oxygens (including phenoxy) is 1. The van der Waals surface area contributed by atoms with E-state index >= 15 is 0 Å². The molecule has 0 spiro atoms. The van der Waals surface area contributed by atoms with Crippen molar-refractivity contribution in [3.63, 3.8) is 0 Å². The number of likely N-dealkylation sites (N-methyl/N-ethyl adjacent to an activating group) is 1.